The molecule has 4 heterocycles. The molecule has 0 aromatic heterocycles. The molecule has 1 unspecified atom stereocenters. The monoisotopic (exact) mass is 978 g/mol. The van der Waals surface area contributed by atoms with Crippen LogP contribution in [-0.4, -0.2) is 117 Å². The topological polar surface area (TPSA) is 195 Å². The van der Waals surface area contributed by atoms with Crippen molar-refractivity contribution < 1.29 is 57.9 Å². The fourth-order valence-electron chi connectivity index (χ4n) is 12.9. The highest BCUT2D eigenvalue weighted by molar-refractivity contribution is 5.96. The van der Waals surface area contributed by atoms with E-state index in [4.69, 9.17) is 28.5 Å². The third kappa shape index (κ3) is 10.9. The third-order valence-electron chi connectivity index (χ3n) is 16.8. The molecular weight excluding hydrogens is 895 g/mol. The maximum absolute atomic E-state index is 15.4. The van der Waals surface area contributed by atoms with E-state index in [1.807, 2.05) is 12.1 Å². The van der Waals surface area contributed by atoms with E-state index in [1.165, 1.54) is 12.5 Å². The zero-order chi connectivity index (χ0) is 50.4. The van der Waals surface area contributed by atoms with Gasteiger partial charge in [0.1, 0.15) is 41.5 Å². The first-order valence-corrected chi connectivity index (χ1v) is 26.7. The van der Waals surface area contributed by atoms with E-state index in [0.29, 0.717) is 30.8 Å². The number of epoxide rings is 1. The number of hydrogen-bond donors (Lipinski definition) is 4. The molecule has 2 bridgehead atoms. The van der Waals surface area contributed by atoms with Crippen molar-refractivity contribution in [2.45, 2.75) is 243 Å². The predicted molar refractivity (Wildman–Crippen MR) is 261 cm³/mol. The number of amides is 2. The van der Waals surface area contributed by atoms with Crippen LogP contribution < -0.4 is 10.6 Å². The van der Waals surface area contributed by atoms with Crippen molar-refractivity contribution >= 4 is 29.8 Å². The van der Waals surface area contributed by atoms with Gasteiger partial charge in [0.15, 0.2) is 11.8 Å². The number of carbonyl (C=O) groups is 4. The average Bonchev–Trinajstić information content (AvgIpc) is 3.56. The third-order valence-corrected chi connectivity index (χ3v) is 16.8. The standard InChI is InChI=1S/C55H83N3O12/c1-10-12-14-24-54(25-15-13-11-2)68-44-40-30-55(50(64)57-43(33(3)60)48(62)56-37(32-59)20-22-42(61)67-51(4,5)6)46(49(63)65-40)58(70-47(55)45(44)69-54)31-35-18-16-17-34(27-35)28-36-19-21-41-53(9,66-41)26-23-39-38(36)29-52(39,7)8/h16-18,27-28,33,37-41,43-47,59-60H,10-15,19-26,29-32H2,1-9H3,(H,56,62)(H,57,64)/t33-,37-,38+,39+,40+,41?,43+,44-,45-,46-,47+,53+,55-/m0/s1. The van der Waals surface area contributed by atoms with Crippen LogP contribution in [0.15, 0.2) is 29.8 Å². The number of hydrogen-bond acceptors (Lipinski definition) is 13. The molecular formula is C55H83N3O12. The number of nitrogens with one attached hydrogen (secondary N) is 2. The summed E-state index contributed by atoms with van der Waals surface area (Å²) in [5.74, 6) is -2.40. The first-order chi connectivity index (χ1) is 33.1. The zero-order valence-electron chi connectivity index (χ0n) is 43.4. The van der Waals surface area contributed by atoms with Crippen molar-refractivity contribution in [1.82, 2.24) is 15.7 Å². The lowest BCUT2D eigenvalue weighted by Gasteiger charge is -2.53. The maximum Gasteiger partial charge on any atom is 0.327 e. The Labute approximate surface area is 415 Å². The number of aliphatic hydroxyl groups excluding tert-OH is 2. The highest BCUT2D eigenvalue weighted by Crippen LogP contribution is 2.61. The second-order valence-corrected chi connectivity index (χ2v) is 23.8. The van der Waals surface area contributed by atoms with Gasteiger partial charge in [0.2, 0.25) is 11.8 Å². The molecule has 4 N–H and O–H groups in total. The summed E-state index contributed by atoms with van der Waals surface area (Å²) in [5.41, 5.74) is 1.33. The summed E-state index contributed by atoms with van der Waals surface area (Å²) in [6, 6.07) is 4.66. The molecule has 3 saturated carbocycles. The van der Waals surface area contributed by atoms with Crippen LogP contribution in [-0.2, 0) is 54.2 Å². The summed E-state index contributed by atoms with van der Waals surface area (Å²) in [5, 5.41) is 28.5. The molecule has 4 saturated heterocycles. The molecule has 1 aromatic carbocycles. The van der Waals surface area contributed by atoms with Gasteiger partial charge < -0.3 is 44.5 Å². The van der Waals surface area contributed by atoms with Gasteiger partial charge in [0.05, 0.1) is 37.0 Å². The molecule has 0 radical (unpaired) electrons. The molecule has 70 heavy (non-hydrogen) atoms. The Bertz CT molecular complexity index is 2090. The van der Waals surface area contributed by atoms with Gasteiger partial charge in [0, 0.05) is 25.7 Å². The Balaban J connectivity index is 1.08. The van der Waals surface area contributed by atoms with Gasteiger partial charge >= 0.3 is 11.9 Å². The Hall–Kier alpha value is -3.44. The van der Waals surface area contributed by atoms with Gasteiger partial charge in [-0.15, -0.1) is 0 Å². The van der Waals surface area contributed by atoms with Crippen molar-refractivity contribution in [1.29, 1.82) is 0 Å². The molecule has 1 aromatic rings. The molecule has 3 aliphatic carbocycles. The second-order valence-electron chi connectivity index (χ2n) is 23.8. The van der Waals surface area contributed by atoms with E-state index in [-0.39, 0.29) is 36.8 Å². The summed E-state index contributed by atoms with van der Waals surface area (Å²) >= 11 is 0. The Morgan fingerprint density at radius 2 is 1.69 bits per heavy atom. The Morgan fingerprint density at radius 3 is 2.34 bits per heavy atom. The quantitative estimate of drug-likeness (QED) is 0.0576. The van der Waals surface area contributed by atoms with Crippen LogP contribution in [0.4, 0.5) is 0 Å². The van der Waals surface area contributed by atoms with Crippen LogP contribution in [0.5, 0.6) is 0 Å². The zero-order valence-corrected chi connectivity index (χ0v) is 43.4. The molecule has 8 rings (SSSR count). The van der Waals surface area contributed by atoms with Gasteiger partial charge in [0.25, 0.3) is 0 Å². The van der Waals surface area contributed by atoms with E-state index in [0.717, 1.165) is 81.8 Å². The highest BCUT2D eigenvalue weighted by atomic mass is 16.8. The molecule has 15 nitrogen and oxygen atoms in total. The van der Waals surface area contributed by atoms with Crippen LogP contribution >= 0.6 is 0 Å². The van der Waals surface area contributed by atoms with Gasteiger partial charge in [-0.25, -0.2) is 0 Å². The van der Waals surface area contributed by atoms with E-state index < -0.39 is 95.8 Å². The van der Waals surface area contributed by atoms with Crippen molar-refractivity contribution in [3.8, 4) is 0 Å². The number of ether oxygens (including phenoxy) is 5. The minimum absolute atomic E-state index is 0.00850. The molecule has 15 heteroatoms. The smallest absolute Gasteiger partial charge is 0.327 e. The van der Waals surface area contributed by atoms with E-state index >= 15 is 4.79 Å². The van der Waals surface area contributed by atoms with Crippen LogP contribution in [0.1, 0.15) is 176 Å². The van der Waals surface area contributed by atoms with Crippen LogP contribution in [0.2, 0.25) is 0 Å². The van der Waals surface area contributed by atoms with E-state index in [2.05, 4.69) is 63.5 Å². The van der Waals surface area contributed by atoms with Gasteiger partial charge in [-0.05, 0) is 114 Å². The number of esters is 2. The Morgan fingerprint density at radius 1 is 0.971 bits per heavy atom. The van der Waals surface area contributed by atoms with Gasteiger partial charge in [-0.1, -0.05) is 89.3 Å². The summed E-state index contributed by atoms with van der Waals surface area (Å²) in [6.45, 7) is 17.6. The van der Waals surface area contributed by atoms with Gasteiger partial charge in [-0.3, -0.25) is 24.0 Å². The summed E-state index contributed by atoms with van der Waals surface area (Å²) in [7, 11) is 0. The molecule has 2 amide bonds. The van der Waals surface area contributed by atoms with Crippen LogP contribution in [0, 0.1) is 22.7 Å². The SMILES string of the molecule is CCCCCC1(CCCCC)O[C@@H]2[C@H](O1)[C@H]1ON(Cc3cccc(C=C4CCC5O[C@]5(C)CC[C@@H]5[C@@H]4CC5(C)C)c3)[C@H]3C(=O)O[C@@H]2C[C@@]13C(=O)N[C@@H](C(=O)N[C@H](CO)CCC(=O)OC(C)(C)C)[C@H](C)O. The minimum atomic E-state index is -1.61. The summed E-state index contributed by atoms with van der Waals surface area (Å²) in [6.07, 6.45) is 10.3. The fourth-order valence-corrected chi connectivity index (χ4v) is 12.9. The fraction of sp³-hybridized carbons (Fsp3) is 0.782. The van der Waals surface area contributed by atoms with Gasteiger partial charge in [-0.2, -0.15) is 5.06 Å². The van der Waals surface area contributed by atoms with Crippen LogP contribution in [0.3, 0.4) is 0 Å². The summed E-state index contributed by atoms with van der Waals surface area (Å²) in [4.78, 5) is 63.5. The minimum Gasteiger partial charge on any atom is -0.460 e. The normalized spacial score (nSPS) is 34.5. The molecule has 7 fully saturated rings. The first kappa shape index (κ1) is 52.9. The van der Waals surface area contributed by atoms with Crippen molar-refractivity contribution in [2.75, 3.05) is 6.61 Å². The highest BCUT2D eigenvalue weighted by Gasteiger charge is 2.76. The number of fused-ring (bicyclic) bond motifs is 6. The van der Waals surface area contributed by atoms with E-state index in [1.54, 1.807) is 25.8 Å². The van der Waals surface area contributed by atoms with Crippen LogP contribution in [0.25, 0.3) is 6.08 Å². The summed E-state index contributed by atoms with van der Waals surface area (Å²) < 4.78 is 32.0. The molecule has 7 aliphatic rings. The first-order valence-electron chi connectivity index (χ1n) is 26.7. The predicted octanol–water partition coefficient (Wildman–Crippen LogP) is 7.37. The largest absolute Gasteiger partial charge is 0.460 e. The van der Waals surface area contributed by atoms with Crippen molar-refractivity contribution in [3.05, 3.63) is 41.0 Å². The average molecular weight is 978 g/mol. The number of hydroxylamine groups is 2. The maximum atomic E-state index is 15.4. The Kier molecular flexibility index (Phi) is 15.7. The van der Waals surface area contributed by atoms with Crippen molar-refractivity contribution in [3.63, 3.8) is 0 Å². The lowest BCUT2D eigenvalue weighted by Crippen LogP contribution is -2.71. The number of allylic oxidation sites excluding steroid dienone is 1. The molecule has 0 spiro atoms. The number of rotatable bonds is 20. The lowest BCUT2D eigenvalue weighted by atomic mass is 9.52. The number of carbonyl (C=O) groups excluding carboxylic acids is 4. The number of benzene rings is 1. The molecule has 390 valence electrons. The molecule has 4 aliphatic heterocycles. The second kappa shape index (κ2) is 20.8. The number of unbranched alkanes of at least 4 members (excludes halogenated alkanes) is 4. The molecule has 13 atom stereocenters. The number of aliphatic hydroxyl groups is 2. The number of nitrogens with zero attached hydrogens (tertiary/aromatic N) is 1. The van der Waals surface area contributed by atoms with E-state index in [9.17, 15) is 24.6 Å². The van der Waals surface area contributed by atoms with Crippen molar-refractivity contribution in [2.24, 2.45) is 22.7 Å². The lowest BCUT2D eigenvalue weighted by molar-refractivity contribution is -0.224.